The Morgan fingerprint density at radius 3 is 2.50 bits per heavy atom. The summed E-state index contributed by atoms with van der Waals surface area (Å²) in [7, 11) is 0. The van der Waals surface area contributed by atoms with E-state index >= 15 is 0 Å². The first-order valence-corrected chi connectivity index (χ1v) is 9.60. The Morgan fingerprint density at radius 2 is 1.75 bits per heavy atom. The van der Waals surface area contributed by atoms with Crippen LogP contribution >= 0.6 is 11.8 Å². The van der Waals surface area contributed by atoms with Crippen LogP contribution < -0.4 is 0 Å². The molecule has 0 N–H and O–H groups in total. The molecule has 0 aliphatic carbocycles. The molecule has 0 unspecified atom stereocenters. The second-order valence-electron chi connectivity index (χ2n) is 6.35. The van der Waals surface area contributed by atoms with Gasteiger partial charge in [-0.25, -0.2) is 4.98 Å². The number of aromatic nitrogens is 4. The maximum atomic E-state index is 9.39. The second kappa shape index (κ2) is 7.67. The molecule has 0 bridgehead atoms. The average molecular weight is 383 g/mol. The van der Waals surface area contributed by atoms with Gasteiger partial charge in [-0.2, -0.15) is 5.26 Å². The summed E-state index contributed by atoms with van der Waals surface area (Å²) in [6.07, 6.45) is 1.68. The van der Waals surface area contributed by atoms with Crippen molar-refractivity contribution in [2.45, 2.75) is 24.0 Å². The molecule has 0 saturated heterocycles. The third-order valence-corrected chi connectivity index (χ3v) is 5.46. The Labute approximate surface area is 167 Å². The van der Waals surface area contributed by atoms with Gasteiger partial charge < -0.3 is 0 Å². The van der Waals surface area contributed by atoms with E-state index in [1.165, 1.54) is 22.9 Å². The minimum atomic E-state index is 0.517. The molecule has 28 heavy (non-hydrogen) atoms. The average Bonchev–Trinajstić information content (AvgIpc) is 3.14. The normalized spacial score (nSPS) is 10.6. The number of pyridine rings is 1. The van der Waals surface area contributed by atoms with E-state index in [9.17, 15) is 5.26 Å². The van der Waals surface area contributed by atoms with Crippen molar-refractivity contribution in [3.63, 3.8) is 0 Å². The molecule has 0 spiro atoms. The molecule has 0 aliphatic rings. The summed E-state index contributed by atoms with van der Waals surface area (Å²) >= 11 is 1.34. The van der Waals surface area contributed by atoms with E-state index in [0.29, 0.717) is 15.7 Å². The van der Waals surface area contributed by atoms with Crippen LogP contribution in [-0.2, 0) is 0 Å². The van der Waals surface area contributed by atoms with Gasteiger partial charge in [0, 0.05) is 11.8 Å². The SMILES string of the molecule is Cc1ccc(-n2c(Sc3ncccc3C#N)nnc2-c2ccccc2)cc1C. The summed E-state index contributed by atoms with van der Waals surface area (Å²) in [5.41, 5.74) is 4.88. The molecule has 0 radical (unpaired) electrons. The Morgan fingerprint density at radius 1 is 0.929 bits per heavy atom. The van der Waals surface area contributed by atoms with Gasteiger partial charge in [-0.15, -0.1) is 10.2 Å². The first-order valence-electron chi connectivity index (χ1n) is 8.79. The van der Waals surface area contributed by atoms with Gasteiger partial charge in [0.1, 0.15) is 11.1 Å². The van der Waals surface area contributed by atoms with Gasteiger partial charge in [0.15, 0.2) is 5.82 Å². The first-order chi connectivity index (χ1) is 13.7. The maximum Gasteiger partial charge on any atom is 0.202 e. The van der Waals surface area contributed by atoms with Crippen LogP contribution in [0.4, 0.5) is 0 Å². The van der Waals surface area contributed by atoms with Crippen LogP contribution in [0.5, 0.6) is 0 Å². The van der Waals surface area contributed by atoms with E-state index in [1.54, 1.807) is 18.3 Å². The molecule has 5 nitrogen and oxygen atoms in total. The largest absolute Gasteiger partial charge is 0.270 e. The molecule has 2 aromatic carbocycles. The minimum Gasteiger partial charge on any atom is -0.270 e. The Bertz CT molecular complexity index is 1180. The highest BCUT2D eigenvalue weighted by molar-refractivity contribution is 7.99. The quantitative estimate of drug-likeness (QED) is 0.498. The standard InChI is InChI=1S/C22H17N5S/c1-15-10-11-19(13-16(15)2)27-20(17-7-4-3-5-8-17)25-26-22(27)28-21-18(14-23)9-6-12-24-21/h3-13H,1-2H3. The number of nitrogens with zero attached hydrogens (tertiary/aromatic N) is 5. The third kappa shape index (κ3) is 3.40. The molecule has 2 aromatic heterocycles. The molecule has 0 aliphatic heterocycles. The Balaban J connectivity index is 1.88. The Kier molecular flexibility index (Phi) is 4.92. The molecule has 6 heteroatoms. The molecule has 0 amide bonds. The van der Waals surface area contributed by atoms with Crippen molar-refractivity contribution in [3.8, 4) is 23.1 Å². The lowest BCUT2D eigenvalue weighted by atomic mass is 10.1. The predicted octanol–water partition coefficient (Wildman–Crippen LogP) is 4.97. The van der Waals surface area contributed by atoms with Crippen molar-refractivity contribution in [1.29, 1.82) is 5.26 Å². The fourth-order valence-electron chi connectivity index (χ4n) is 2.85. The van der Waals surface area contributed by atoms with E-state index in [0.717, 1.165) is 17.1 Å². The van der Waals surface area contributed by atoms with Crippen molar-refractivity contribution < 1.29 is 0 Å². The molecule has 0 saturated carbocycles. The lowest BCUT2D eigenvalue weighted by Crippen LogP contribution is -2.01. The molecular weight excluding hydrogens is 366 g/mol. The van der Waals surface area contributed by atoms with Gasteiger partial charge in [-0.1, -0.05) is 36.4 Å². The summed E-state index contributed by atoms with van der Waals surface area (Å²) in [4.78, 5) is 4.35. The van der Waals surface area contributed by atoms with Crippen LogP contribution in [0.15, 0.2) is 77.0 Å². The van der Waals surface area contributed by atoms with Crippen LogP contribution in [0.3, 0.4) is 0 Å². The summed E-state index contributed by atoms with van der Waals surface area (Å²) in [6.45, 7) is 4.18. The van der Waals surface area contributed by atoms with Crippen LogP contribution in [0.2, 0.25) is 0 Å². The second-order valence-corrected chi connectivity index (χ2v) is 7.30. The zero-order chi connectivity index (χ0) is 19.5. The van der Waals surface area contributed by atoms with Crippen LogP contribution in [0, 0.1) is 25.2 Å². The highest BCUT2D eigenvalue weighted by Gasteiger charge is 2.18. The predicted molar refractivity (Wildman–Crippen MR) is 109 cm³/mol. The zero-order valence-corrected chi connectivity index (χ0v) is 16.3. The van der Waals surface area contributed by atoms with Gasteiger partial charge in [0.2, 0.25) is 5.16 Å². The van der Waals surface area contributed by atoms with Gasteiger partial charge >= 0.3 is 0 Å². The highest BCUT2D eigenvalue weighted by Crippen LogP contribution is 2.33. The van der Waals surface area contributed by atoms with Crippen molar-refractivity contribution in [2.24, 2.45) is 0 Å². The maximum absolute atomic E-state index is 9.39. The summed E-state index contributed by atoms with van der Waals surface area (Å²) in [6, 6.07) is 21.9. The fraction of sp³-hybridized carbons (Fsp3) is 0.0909. The summed E-state index contributed by atoms with van der Waals surface area (Å²) in [5.74, 6) is 0.751. The molecule has 4 rings (SSSR count). The van der Waals surface area contributed by atoms with Crippen LogP contribution in [0.25, 0.3) is 17.1 Å². The summed E-state index contributed by atoms with van der Waals surface area (Å²) in [5, 5.41) is 19.5. The van der Waals surface area contributed by atoms with Crippen LogP contribution in [-0.4, -0.2) is 19.7 Å². The van der Waals surface area contributed by atoms with E-state index < -0.39 is 0 Å². The topological polar surface area (TPSA) is 67.4 Å². The number of benzene rings is 2. The van der Waals surface area contributed by atoms with Crippen LogP contribution in [0.1, 0.15) is 16.7 Å². The zero-order valence-electron chi connectivity index (χ0n) is 15.5. The number of rotatable bonds is 4. The lowest BCUT2D eigenvalue weighted by Gasteiger charge is -2.12. The number of nitriles is 1. The van der Waals surface area contributed by atoms with Gasteiger partial charge in [0.05, 0.1) is 11.3 Å². The highest BCUT2D eigenvalue weighted by atomic mass is 32.2. The number of hydrogen-bond acceptors (Lipinski definition) is 5. The fourth-order valence-corrected chi connectivity index (χ4v) is 3.73. The van der Waals surface area contributed by atoms with E-state index in [-0.39, 0.29) is 0 Å². The third-order valence-electron chi connectivity index (χ3n) is 4.49. The molecular formula is C22H17N5S. The summed E-state index contributed by atoms with van der Waals surface area (Å²) < 4.78 is 2.02. The number of hydrogen-bond donors (Lipinski definition) is 0. The molecule has 2 heterocycles. The van der Waals surface area contributed by atoms with Crippen molar-refractivity contribution in [3.05, 3.63) is 83.6 Å². The van der Waals surface area contributed by atoms with Crippen molar-refractivity contribution in [2.75, 3.05) is 0 Å². The van der Waals surface area contributed by atoms with Gasteiger partial charge in [-0.05, 0) is 61.0 Å². The van der Waals surface area contributed by atoms with E-state index in [2.05, 4.69) is 53.3 Å². The molecule has 136 valence electrons. The smallest absolute Gasteiger partial charge is 0.202 e. The molecule has 0 fully saturated rings. The van der Waals surface area contributed by atoms with Crippen molar-refractivity contribution in [1.82, 2.24) is 19.7 Å². The number of aryl methyl sites for hydroxylation is 2. The van der Waals surface area contributed by atoms with E-state index in [4.69, 9.17) is 0 Å². The Hall–Kier alpha value is -3.43. The first kappa shape index (κ1) is 18.0. The minimum absolute atomic E-state index is 0.517. The molecule has 4 aromatic rings. The van der Waals surface area contributed by atoms with Gasteiger partial charge in [0.25, 0.3) is 0 Å². The lowest BCUT2D eigenvalue weighted by molar-refractivity contribution is 0.881. The van der Waals surface area contributed by atoms with Crippen molar-refractivity contribution >= 4 is 11.8 Å². The monoisotopic (exact) mass is 383 g/mol. The molecule has 0 atom stereocenters. The van der Waals surface area contributed by atoms with Gasteiger partial charge in [-0.3, -0.25) is 4.57 Å². The van der Waals surface area contributed by atoms with E-state index in [1.807, 2.05) is 34.9 Å².